The predicted octanol–water partition coefficient (Wildman–Crippen LogP) is -1.68. The molecular weight excluding hydrogens is 112 g/mol. The monoisotopic (exact) mass is 119 g/mol. The molecule has 0 aromatic carbocycles. The summed E-state index contributed by atoms with van der Waals surface area (Å²) in [6.45, 7) is 0.628. The summed E-state index contributed by atoms with van der Waals surface area (Å²) in [4.78, 5) is 0. The zero-order chi connectivity index (χ0) is 5.91. The molecule has 0 spiro atoms. The zero-order valence-electron chi connectivity index (χ0n) is 4.94. The summed E-state index contributed by atoms with van der Waals surface area (Å²) in [5.74, 6) is 0. The standard InChI is InChI=1S/C3H7NO.2Na/c4-2-1-3-5;;/h5H,1-2,4H2;;. The van der Waals surface area contributed by atoms with Crippen LogP contribution in [0, 0.1) is 0 Å². The van der Waals surface area contributed by atoms with Crippen LogP contribution in [0.4, 0.5) is 0 Å². The first-order chi connectivity index (χ1) is 3.06. The van der Waals surface area contributed by atoms with Crippen LogP contribution in [0.1, 0.15) is 6.42 Å². The fourth-order valence-corrected chi connectivity index (χ4v) is 0.931. The van der Waals surface area contributed by atoms with Crippen molar-refractivity contribution in [2.24, 2.45) is 5.73 Å². The number of aliphatic hydroxyl groups is 1. The fraction of sp³-hybridized carbons (Fsp3) is 1.00. The third-order valence-electron chi connectivity index (χ3n) is 0.756. The van der Waals surface area contributed by atoms with E-state index in [2.05, 4.69) is 0 Å². The van der Waals surface area contributed by atoms with Crippen molar-refractivity contribution in [2.45, 2.75) is 6.52 Å². The van der Waals surface area contributed by atoms with Gasteiger partial charge in [-0.05, 0) is 0 Å². The molecule has 0 aromatic heterocycles. The van der Waals surface area contributed by atoms with Gasteiger partial charge in [0.2, 0.25) is 0 Å². The van der Waals surface area contributed by atoms with Crippen LogP contribution >= 0.6 is 0 Å². The molecule has 0 unspecified atom stereocenters. The van der Waals surface area contributed by atoms with Crippen LogP contribution in [-0.2, 0) is 0 Å². The van der Waals surface area contributed by atoms with Crippen LogP contribution < -0.4 is 5.73 Å². The number of hydrogen-bond acceptors (Lipinski definition) is 2. The summed E-state index contributed by atoms with van der Waals surface area (Å²) >= 11 is 1.75. The van der Waals surface area contributed by atoms with Crippen molar-refractivity contribution in [3.05, 3.63) is 0 Å². The van der Waals surface area contributed by atoms with Gasteiger partial charge >= 0.3 is 79.8 Å². The van der Waals surface area contributed by atoms with E-state index in [-0.39, 0.29) is 0.100 Å². The van der Waals surface area contributed by atoms with Gasteiger partial charge in [0.1, 0.15) is 0 Å². The van der Waals surface area contributed by atoms with Gasteiger partial charge in [-0.15, -0.1) is 0 Å². The molecule has 0 saturated carbocycles. The van der Waals surface area contributed by atoms with Gasteiger partial charge in [0.05, 0.1) is 0 Å². The van der Waals surface area contributed by atoms with E-state index in [9.17, 15) is 0 Å². The molecule has 32 valence electrons. The topological polar surface area (TPSA) is 46.2 Å². The van der Waals surface area contributed by atoms with E-state index in [0.717, 1.165) is 62.3 Å². The van der Waals surface area contributed by atoms with Crippen molar-refractivity contribution in [1.29, 1.82) is 0 Å². The van der Waals surface area contributed by atoms with E-state index in [1.807, 2.05) is 0 Å². The number of rotatable bonds is 2. The summed E-state index contributed by atoms with van der Waals surface area (Å²) in [5, 5.41) is 9.06. The van der Waals surface area contributed by atoms with E-state index < -0.39 is 0 Å². The van der Waals surface area contributed by atoms with Crippen LogP contribution in [0.2, 0.25) is 0 Å². The molecule has 0 aliphatic heterocycles. The maximum absolute atomic E-state index is 9.06. The molecule has 0 radical (unpaired) electrons. The summed E-state index contributed by atoms with van der Waals surface area (Å²) in [6.07, 6.45) is 0.797. The molecule has 2 nitrogen and oxygen atoms in total. The molecule has 0 atom stereocenters. The van der Waals surface area contributed by atoms with Gasteiger partial charge in [0.15, 0.2) is 0 Å². The Bertz CT molecular complexity index is 51.4. The Kier molecular flexibility index (Phi) is 4.91. The van der Waals surface area contributed by atoms with Crippen molar-refractivity contribution in [1.82, 2.24) is 0 Å². The zero-order valence-corrected chi connectivity index (χ0v) is 8.94. The van der Waals surface area contributed by atoms with E-state index in [1.165, 1.54) is 0 Å². The Morgan fingerprint density at radius 2 is 2.00 bits per heavy atom. The normalized spacial score (nSPS) is 12.3. The average Bonchev–Trinajstić information content (AvgIpc) is 1.30. The van der Waals surface area contributed by atoms with Crippen molar-refractivity contribution in [3.63, 3.8) is 0 Å². The van der Waals surface area contributed by atoms with Crippen molar-refractivity contribution < 1.29 is 5.11 Å². The second-order valence-corrected chi connectivity index (χ2v) is 8.66. The maximum atomic E-state index is 9.06. The van der Waals surface area contributed by atoms with E-state index in [4.69, 9.17) is 10.8 Å². The molecule has 0 bridgehead atoms. The van der Waals surface area contributed by atoms with Gasteiger partial charge in [-0.3, -0.25) is 0 Å². The average molecular weight is 119 g/mol. The molecule has 0 aromatic rings. The first-order valence-corrected chi connectivity index (χ1v) is 4.49. The van der Waals surface area contributed by atoms with Crippen LogP contribution in [0.15, 0.2) is 0 Å². The van der Waals surface area contributed by atoms with Crippen molar-refractivity contribution >= 4 is 55.9 Å². The van der Waals surface area contributed by atoms with Gasteiger partial charge in [0, 0.05) is 0 Å². The van der Waals surface area contributed by atoms with Crippen LogP contribution in [-0.4, -0.2) is 67.6 Å². The third-order valence-corrected chi connectivity index (χ3v) is 1.76. The van der Waals surface area contributed by atoms with Gasteiger partial charge in [-0.2, -0.15) is 0 Å². The van der Waals surface area contributed by atoms with Gasteiger partial charge in [0.25, 0.3) is 0 Å². The fourth-order valence-electron chi connectivity index (χ4n) is 0.353. The van der Waals surface area contributed by atoms with E-state index >= 15 is 0 Å². The van der Waals surface area contributed by atoms with Gasteiger partial charge in [-0.1, -0.05) is 0 Å². The summed E-state index contributed by atoms with van der Waals surface area (Å²) in [6, 6.07) is 0. The minimum absolute atomic E-state index is 0.297. The van der Waals surface area contributed by atoms with E-state index in [0.29, 0.717) is 6.54 Å². The molecule has 4 heteroatoms. The molecule has 0 aliphatic carbocycles. The second kappa shape index (κ2) is 3.85. The predicted molar refractivity (Wildman–Crippen MR) is 30.1 cm³/mol. The van der Waals surface area contributed by atoms with Gasteiger partial charge in [-0.25, -0.2) is 0 Å². The molecule has 0 aliphatic rings. The molecule has 3 N–H and O–H groups in total. The Balaban J connectivity index is 3.15. The quantitative estimate of drug-likeness (QED) is 0.426. The van der Waals surface area contributed by atoms with Gasteiger partial charge < -0.3 is 0 Å². The van der Waals surface area contributed by atoms with Crippen molar-refractivity contribution in [2.75, 3.05) is 6.54 Å². The Morgan fingerprint density at radius 1 is 1.57 bits per heavy atom. The number of hydrogen-bond donors (Lipinski definition) is 2. The molecular formula is C3H7NNa2O. The molecule has 0 fully saturated rings. The first-order valence-electron chi connectivity index (χ1n) is 2.49. The summed E-state index contributed by atoms with van der Waals surface area (Å²) in [7, 11) is 0. The Labute approximate surface area is 78.7 Å². The minimum atomic E-state index is -0.297. The summed E-state index contributed by atoms with van der Waals surface area (Å²) < 4.78 is -0.297. The molecule has 0 saturated heterocycles. The third kappa shape index (κ3) is 7.92. The van der Waals surface area contributed by atoms with Crippen LogP contribution in [0.5, 0.6) is 0 Å². The molecule has 0 rings (SSSR count). The van der Waals surface area contributed by atoms with Crippen LogP contribution in [0.25, 0.3) is 0 Å². The number of nitrogens with two attached hydrogens (primary N) is 1. The SMILES string of the molecule is NCC[C](O)([Na])[Na]. The molecule has 7 heavy (non-hydrogen) atoms. The Morgan fingerprint density at radius 3 is 2.00 bits per heavy atom. The summed E-state index contributed by atoms with van der Waals surface area (Å²) in [5.41, 5.74) is 5.20. The van der Waals surface area contributed by atoms with E-state index in [1.54, 1.807) is 0 Å². The first kappa shape index (κ1) is 8.92. The van der Waals surface area contributed by atoms with Crippen molar-refractivity contribution in [3.8, 4) is 0 Å². The Hall–Kier alpha value is 1.92. The van der Waals surface area contributed by atoms with Crippen LogP contribution in [0.3, 0.4) is 0 Å². The molecule has 0 amide bonds. The molecule has 0 heterocycles. The second-order valence-electron chi connectivity index (χ2n) is 2.35.